The lowest BCUT2D eigenvalue weighted by atomic mass is 9.96. The molecule has 2 atom stereocenters. The van der Waals surface area contributed by atoms with Gasteiger partial charge in [-0.1, -0.05) is 48.5 Å². The summed E-state index contributed by atoms with van der Waals surface area (Å²) in [5, 5.41) is 0. The quantitative estimate of drug-likeness (QED) is 0.602. The Hall–Kier alpha value is -3.35. The standard InChI is InChI=1S/C21H20N2O5/c1-3-27-18(24)17-21(15-11-7-8-12-16(15)22(2)19(21)25)23(17)20(26)28-13-14-9-5-4-6-10-14/h4-12,17H,3,13H2,1-2H3/t17-,21-,23?/m1/s1. The SMILES string of the molecule is CCOC(=O)[C@H]1N(C(=O)OCc2ccccc2)[C@@]12C(=O)N(C)c1ccccc12. The highest BCUT2D eigenvalue weighted by Crippen LogP contribution is 2.58. The van der Waals surface area contributed by atoms with Crippen LogP contribution in [-0.2, 0) is 31.2 Å². The Morgan fingerprint density at radius 1 is 1.04 bits per heavy atom. The van der Waals surface area contributed by atoms with Crippen LogP contribution in [0.5, 0.6) is 0 Å². The van der Waals surface area contributed by atoms with E-state index in [0.29, 0.717) is 11.3 Å². The van der Waals surface area contributed by atoms with E-state index in [-0.39, 0.29) is 19.1 Å². The summed E-state index contributed by atoms with van der Waals surface area (Å²) in [7, 11) is 1.63. The number of rotatable bonds is 4. The molecule has 1 saturated heterocycles. The first kappa shape index (κ1) is 18.0. The minimum absolute atomic E-state index is 0.0491. The summed E-state index contributed by atoms with van der Waals surface area (Å²) in [4.78, 5) is 41.2. The number of anilines is 1. The van der Waals surface area contributed by atoms with Gasteiger partial charge in [0.15, 0.2) is 11.6 Å². The van der Waals surface area contributed by atoms with Gasteiger partial charge >= 0.3 is 12.1 Å². The smallest absolute Gasteiger partial charge is 0.412 e. The van der Waals surface area contributed by atoms with E-state index in [1.807, 2.05) is 30.3 Å². The van der Waals surface area contributed by atoms with E-state index in [1.165, 1.54) is 9.80 Å². The number of benzene rings is 2. The van der Waals surface area contributed by atoms with Gasteiger partial charge in [-0.25, -0.2) is 9.59 Å². The van der Waals surface area contributed by atoms with Crippen LogP contribution in [0.3, 0.4) is 0 Å². The highest BCUT2D eigenvalue weighted by atomic mass is 16.6. The van der Waals surface area contributed by atoms with Crippen LogP contribution in [0.4, 0.5) is 10.5 Å². The lowest BCUT2D eigenvalue weighted by molar-refractivity contribution is -0.144. The topological polar surface area (TPSA) is 75.9 Å². The highest BCUT2D eigenvalue weighted by Gasteiger charge is 2.79. The number of para-hydroxylation sites is 1. The first-order chi connectivity index (χ1) is 13.5. The Balaban J connectivity index is 1.66. The van der Waals surface area contributed by atoms with Crippen molar-refractivity contribution in [1.29, 1.82) is 0 Å². The van der Waals surface area contributed by atoms with E-state index in [2.05, 4.69) is 0 Å². The molecular formula is C21H20N2O5. The van der Waals surface area contributed by atoms with Gasteiger partial charge in [-0.15, -0.1) is 0 Å². The van der Waals surface area contributed by atoms with Gasteiger partial charge in [0.05, 0.1) is 6.61 Å². The number of carbonyl (C=O) groups excluding carboxylic acids is 3. The second-order valence-electron chi connectivity index (χ2n) is 6.71. The molecule has 1 fully saturated rings. The first-order valence-electron chi connectivity index (χ1n) is 9.07. The molecule has 0 bridgehead atoms. The van der Waals surface area contributed by atoms with Crippen molar-refractivity contribution in [3.05, 3.63) is 65.7 Å². The highest BCUT2D eigenvalue weighted by molar-refractivity contribution is 6.16. The Morgan fingerprint density at radius 2 is 1.71 bits per heavy atom. The zero-order valence-corrected chi connectivity index (χ0v) is 15.6. The number of ether oxygens (including phenoxy) is 2. The van der Waals surface area contributed by atoms with Crippen molar-refractivity contribution in [3.8, 4) is 0 Å². The van der Waals surface area contributed by atoms with Crippen molar-refractivity contribution in [3.63, 3.8) is 0 Å². The number of amides is 2. The summed E-state index contributed by atoms with van der Waals surface area (Å²) >= 11 is 0. The fourth-order valence-electron chi connectivity index (χ4n) is 3.89. The third-order valence-electron chi connectivity index (χ3n) is 5.18. The fourth-order valence-corrected chi connectivity index (χ4v) is 3.89. The molecule has 2 aromatic carbocycles. The van der Waals surface area contributed by atoms with Crippen molar-refractivity contribution >= 4 is 23.7 Å². The number of fused-ring (bicyclic) bond motifs is 2. The molecule has 2 aliphatic heterocycles. The van der Waals surface area contributed by atoms with E-state index in [9.17, 15) is 14.4 Å². The number of hydrogen-bond donors (Lipinski definition) is 0. The molecular weight excluding hydrogens is 360 g/mol. The van der Waals surface area contributed by atoms with Crippen LogP contribution in [-0.4, -0.2) is 42.6 Å². The summed E-state index contributed by atoms with van der Waals surface area (Å²) < 4.78 is 10.5. The Kier molecular flexibility index (Phi) is 4.30. The van der Waals surface area contributed by atoms with Crippen LogP contribution in [0.15, 0.2) is 54.6 Å². The largest absolute Gasteiger partial charge is 0.464 e. The molecule has 0 saturated carbocycles. The van der Waals surface area contributed by atoms with Crippen LogP contribution in [0, 0.1) is 0 Å². The van der Waals surface area contributed by atoms with E-state index in [0.717, 1.165) is 5.56 Å². The summed E-state index contributed by atoms with van der Waals surface area (Å²) in [5.41, 5.74) is 0.692. The molecule has 2 aromatic rings. The zero-order chi connectivity index (χ0) is 19.9. The Morgan fingerprint density at radius 3 is 2.43 bits per heavy atom. The van der Waals surface area contributed by atoms with Crippen molar-refractivity contribution in [1.82, 2.24) is 4.90 Å². The maximum absolute atomic E-state index is 13.1. The minimum atomic E-state index is -1.40. The van der Waals surface area contributed by atoms with Crippen molar-refractivity contribution in [2.45, 2.75) is 25.1 Å². The van der Waals surface area contributed by atoms with Crippen LogP contribution >= 0.6 is 0 Å². The molecule has 1 spiro atoms. The van der Waals surface area contributed by atoms with E-state index in [4.69, 9.17) is 9.47 Å². The Labute approximate surface area is 162 Å². The third kappa shape index (κ3) is 2.46. The van der Waals surface area contributed by atoms with Crippen LogP contribution in [0.25, 0.3) is 0 Å². The van der Waals surface area contributed by atoms with Gasteiger partial charge in [0, 0.05) is 18.3 Å². The summed E-state index contributed by atoms with van der Waals surface area (Å²) in [5.74, 6) is -0.957. The van der Waals surface area contributed by atoms with Gasteiger partial charge < -0.3 is 14.4 Å². The molecule has 0 unspecified atom stereocenters. The molecule has 7 nitrogen and oxygen atoms in total. The molecule has 0 N–H and O–H groups in total. The van der Waals surface area contributed by atoms with Crippen molar-refractivity contribution < 1.29 is 23.9 Å². The summed E-state index contributed by atoms with van der Waals surface area (Å²) in [6.07, 6.45) is -0.722. The number of carbonyl (C=O) groups is 3. The number of esters is 1. The molecule has 7 heteroatoms. The molecule has 0 aromatic heterocycles. The van der Waals surface area contributed by atoms with Crippen LogP contribution < -0.4 is 4.90 Å². The minimum Gasteiger partial charge on any atom is -0.464 e. The fraction of sp³-hybridized carbons (Fsp3) is 0.286. The van der Waals surface area contributed by atoms with E-state index in [1.54, 1.807) is 38.2 Å². The maximum Gasteiger partial charge on any atom is 0.412 e. The molecule has 0 aliphatic carbocycles. The van der Waals surface area contributed by atoms with Gasteiger partial charge in [0.1, 0.15) is 6.61 Å². The predicted molar refractivity (Wildman–Crippen MR) is 100 cm³/mol. The number of likely N-dealkylation sites (N-methyl/N-ethyl adjacent to an activating group) is 1. The second-order valence-corrected chi connectivity index (χ2v) is 6.71. The molecule has 2 aliphatic rings. The van der Waals surface area contributed by atoms with Gasteiger partial charge in [-0.3, -0.25) is 9.69 Å². The van der Waals surface area contributed by atoms with Gasteiger partial charge in [0.2, 0.25) is 0 Å². The monoisotopic (exact) mass is 380 g/mol. The number of nitrogens with zero attached hydrogens (tertiary/aromatic N) is 2. The molecule has 2 amide bonds. The van der Waals surface area contributed by atoms with Crippen molar-refractivity contribution in [2.24, 2.45) is 0 Å². The van der Waals surface area contributed by atoms with Crippen LogP contribution in [0.1, 0.15) is 18.1 Å². The van der Waals surface area contributed by atoms with Gasteiger partial charge in [-0.05, 0) is 18.6 Å². The summed E-state index contributed by atoms with van der Waals surface area (Å²) in [6.45, 7) is 1.89. The molecule has 144 valence electrons. The van der Waals surface area contributed by atoms with Crippen LogP contribution in [0.2, 0.25) is 0 Å². The van der Waals surface area contributed by atoms with Gasteiger partial charge in [0.25, 0.3) is 5.91 Å². The average molecular weight is 380 g/mol. The summed E-state index contributed by atoms with van der Waals surface area (Å²) in [6, 6.07) is 15.3. The molecule has 2 heterocycles. The molecule has 28 heavy (non-hydrogen) atoms. The molecule has 0 radical (unpaired) electrons. The van der Waals surface area contributed by atoms with E-state index >= 15 is 0 Å². The normalized spacial score (nSPS) is 22.2. The molecule has 4 rings (SSSR count). The van der Waals surface area contributed by atoms with E-state index < -0.39 is 23.6 Å². The average Bonchev–Trinajstić information content (AvgIpc) is 3.38. The predicted octanol–water partition coefficient (Wildman–Crippen LogP) is 2.44. The first-order valence-corrected chi connectivity index (χ1v) is 9.07. The van der Waals surface area contributed by atoms with Gasteiger partial charge in [-0.2, -0.15) is 0 Å². The maximum atomic E-state index is 13.1. The lowest BCUT2D eigenvalue weighted by Gasteiger charge is -2.11. The Bertz CT molecular complexity index is 945. The third-order valence-corrected chi connectivity index (χ3v) is 5.18. The second kappa shape index (κ2) is 6.67. The number of hydrogen-bond acceptors (Lipinski definition) is 5. The zero-order valence-electron chi connectivity index (χ0n) is 15.6. The van der Waals surface area contributed by atoms with Crippen molar-refractivity contribution in [2.75, 3.05) is 18.6 Å². The lowest BCUT2D eigenvalue weighted by Crippen LogP contribution is -2.35.